The third-order valence-electron chi connectivity index (χ3n) is 4.93. The molecule has 0 aliphatic heterocycles. The summed E-state index contributed by atoms with van der Waals surface area (Å²) in [4.78, 5) is 30.0. The molecule has 1 fully saturated rings. The van der Waals surface area contributed by atoms with Crippen LogP contribution in [0.2, 0.25) is 5.02 Å². The Labute approximate surface area is 185 Å². The number of aromatic hydroxyl groups is 1. The van der Waals surface area contributed by atoms with Crippen LogP contribution < -0.4 is 26.6 Å². The standard InChI is InChI=1S/C20H19ClN8O3/c1-32-15-5-2-10(6-13(15)21)8-22-18-26-16-11(7-14-17(30)27-20(31)25-14)9-23-29(16)19(28-18)24-12-3-4-12/h2,5-7,9,12,30H,3-4,8H2,1H3,(H,22,24,28)(H2,25,27,31). The number of nitrogens with one attached hydrogen (secondary N) is 3. The molecular formula is C20H19ClN8O3. The summed E-state index contributed by atoms with van der Waals surface area (Å²) in [5.41, 5.74) is 1.56. The van der Waals surface area contributed by atoms with E-state index >= 15 is 0 Å². The molecule has 0 amide bonds. The van der Waals surface area contributed by atoms with Crippen molar-refractivity contribution in [2.75, 3.05) is 12.4 Å². The third kappa shape index (κ3) is 4.02. The predicted molar refractivity (Wildman–Crippen MR) is 117 cm³/mol. The van der Waals surface area contributed by atoms with Crippen LogP contribution in [0.5, 0.6) is 11.6 Å². The molecule has 5 rings (SSSR count). The summed E-state index contributed by atoms with van der Waals surface area (Å²) in [6.07, 6.45) is 5.18. The molecule has 3 heterocycles. The molecule has 0 bridgehead atoms. The van der Waals surface area contributed by atoms with Gasteiger partial charge in [-0.15, -0.1) is 0 Å². The number of aromatic amines is 2. The number of nitrogens with zero attached hydrogens (tertiary/aromatic N) is 5. The Morgan fingerprint density at radius 2 is 2.22 bits per heavy atom. The lowest BCUT2D eigenvalue weighted by atomic mass is 10.2. The van der Waals surface area contributed by atoms with Crippen molar-refractivity contribution in [3.63, 3.8) is 0 Å². The van der Waals surface area contributed by atoms with E-state index in [1.165, 1.54) is 0 Å². The van der Waals surface area contributed by atoms with Gasteiger partial charge < -0.3 is 20.1 Å². The zero-order valence-corrected chi connectivity index (χ0v) is 17.7. The molecule has 4 N–H and O–H groups in total. The van der Waals surface area contributed by atoms with Crippen LogP contribution in [-0.4, -0.2) is 47.8 Å². The second-order valence-electron chi connectivity index (χ2n) is 7.35. The lowest BCUT2D eigenvalue weighted by Crippen LogP contribution is -2.24. The number of anilines is 1. The van der Waals surface area contributed by atoms with Gasteiger partial charge in [-0.1, -0.05) is 17.7 Å². The number of methoxy groups -OCH3 is 1. The van der Waals surface area contributed by atoms with Crippen LogP contribution in [0.25, 0.3) is 11.7 Å². The first kappa shape index (κ1) is 20.1. The van der Waals surface area contributed by atoms with Crippen molar-refractivity contribution >= 4 is 29.3 Å². The van der Waals surface area contributed by atoms with Crippen molar-refractivity contribution in [1.82, 2.24) is 29.5 Å². The molecule has 1 aliphatic carbocycles. The number of hydrogen-bond donors (Lipinski definition) is 4. The van der Waals surface area contributed by atoms with Crippen molar-refractivity contribution in [3.8, 4) is 11.6 Å². The zero-order chi connectivity index (χ0) is 22.2. The van der Waals surface area contributed by atoms with Gasteiger partial charge in [0, 0.05) is 11.8 Å². The maximum absolute atomic E-state index is 11.4. The Balaban J connectivity index is 1.55. The molecule has 0 atom stereocenters. The maximum Gasteiger partial charge on any atom is 0.326 e. The number of benzene rings is 1. The monoisotopic (exact) mass is 454 g/mol. The number of rotatable bonds is 6. The van der Waals surface area contributed by atoms with E-state index in [1.807, 2.05) is 12.1 Å². The molecule has 1 saturated carbocycles. The van der Waals surface area contributed by atoms with Crippen LogP contribution in [0.3, 0.4) is 0 Å². The molecule has 3 aromatic heterocycles. The Bertz CT molecular complexity index is 1490. The molecule has 0 spiro atoms. The number of H-pyrrole nitrogens is 2. The van der Waals surface area contributed by atoms with Gasteiger partial charge in [-0.05, 0) is 36.6 Å². The Morgan fingerprint density at radius 1 is 1.38 bits per heavy atom. The van der Waals surface area contributed by atoms with Crippen LogP contribution in [0.1, 0.15) is 24.1 Å². The summed E-state index contributed by atoms with van der Waals surface area (Å²) >= 11 is 6.21. The van der Waals surface area contributed by atoms with Gasteiger partial charge >= 0.3 is 5.69 Å². The third-order valence-corrected chi connectivity index (χ3v) is 5.22. The molecule has 0 unspecified atom stereocenters. The summed E-state index contributed by atoms with van der Waals surface area (Å²) in [6.45, 7) is 0.432. The molecule has 4 aromatic rings. The minimum Gasteiger partial charge on any atom is -0.495 e. The molecular weight excluding hydrogens is 436 g/mol. The minimum absolute atomic E-state index is 0.225. The minimum atomic E-state index is -0.509. The van der Waals surface area contributed by atoms with Crippen LogP contribution in [-0.2, 0) is 6.54 Å². The van der Waals surface area contributed by atoms with E-state index in [1.54, 1.807) is 30.0 Å². The van der Waals surface area contributed by atoms with Gasteiger partial charge in [0.2, 0.25) is 11.8 Å². The molecule has 1 aliphatic rings. The largest absolute Gasteiger partial charge is 0.495 e. The average molecular weight is 455 g/mol. The van der Waals surface area contributed by atoms with Gasteiger partial charge in [0.15, 0.2) is 5.65 Å². The number of fused-ring (bicyclic) bond motifs is 1. The van der Waals surface area contributed by atoms with Crippen molar-refractivity contribution in [1.29, 1.82) is 0 Å². The zero-order valence-electron chi connectivity index (χ0n) is 17.0. The lowest BCUT2D eigenvalue weighted by Gasteiger charge is -2.08. The number of hydrogen-bond acceptors (Lipinski definition) is 8. The topological polar surface area (TPSA) is 146 Å². The molecule has 164 valence electrons. The predicted octanol–water partition coefficient (Wildman–Crippen LogP) is 0.731. The highest BCUT2D eigenvalue weighted by atomic mass is 35.5. The van der Waals surface area contributed by atoms with E-state index in [9.17, 15) is 9.90 Å². The Hall–Kier alpha value is -3.86. The summed E-state index contributed by atoms with van der Waals surface area (Å²) in [7, 11) is 1.57. The van der Waals surface area contributed by atoms with E-state index in [0.29, 0.717) is 39.7 Å². The second-order valence-corrected chi connectivity index (χ2v) is 7.76. The highest BCUT2D eigenvalue weighted by Crippen LogP contribution is 2.25. The van der Waals surface area contributed by atoms with E-state index in [4.69, 9.17) is 16.3 Å². The quantitative estimate of drug-likeness (QED) is 0.336. The van der Waals surface area contributed by atoms with Crippen molar-refractivity contribution in [3.05, 3.63) is 62.0 Å². The second kappa shape index (κ2) is 8.00. The first-order valence-corrected chi connectivity index (χ1v) is 10.3. The SMILES string of the molecule is COc1ccc(CNc2nc(=NC3CC3)n3ncc(=Cc4[nH]c(=O)[nH]c4O)c3n2)cc1Cl. The smallest absolute Gasteiger partial charge is 0.326 e. The van der Waals surface area contributed by atoms with Gasteiger partial charge in [0.25, 0.3) is 5.62 Å². The van der Waals surface area contributed by atoms with Gasteiger partial charge in [-0.2, -0.15) is 19.6 Å². The molecule has 32 heavy (non-hydrogen) atoms. The summed E-state index contributed by atoms with van der Waals surface area (Å²) in [6, 6.07) is 5.73. The molecule has 0 radical (unpaired) electrons. The normalized spacial score (nSPS) is 14.9. The lowest BCUT2D eigenvalue weighted by molar-refractivity contribution is 0.415. The van der Waals surface area contributed by atoms with E-state index in [2.05, 4.69) is 35.3 Å². The number of aromatic nitrogens is 6. The van der Waals surface area contributed by atoms with Gasteiger partial charge in [0.1, 0.15) is 11.4 Å². The van der Waals surface area contributed by atoms with Crippen molar-refractivity contribution in [2.45, 2.75) is 25.4 Å². The molecule has 11 nitrogen and oxygen atoms in total. The summed E-state index contributed by atoms with van der Waals surface area (Å²) in [5.74, 6) is 0.705. The average Bonchev–Trinajstić information content (AvgIpc) is 3.40. The van der Waals surface area contributed by atoms with E-state index < -0.39 is 5.69 Å². The number of ether oxygens (including phenoxy) is 1. The van der Waals surface area contributed by atoms with Crippen LogP contribution in [0, 0.1) is 0 Å². The van der Waals surface area contributed by atoms with Crippen LogP contribution >= 0.6 is 11.6 Å². The van der Waals surface area contributed by atoms with Crippen molar-refractivity contribution < 1.29 is 9.84 Å². The number of halogens is 1. The maximum atomic E-state index is 11.4. The van der Waals surface area contributed by atoms with Gasteiger partial charge in [-0.25, -0.2) is 9.79 Å². The van der Waals surface area contributed by atoms with E-state index in [-0.39, 0.29) is 17.6 Å². The fourth-order valence-corrected chi connectivity index (χ4v) is 3.44. The summed E-state index contributed by atoms with van der Waals surface area (Å²) in [5, 5.41) is 18.5. The summed E-state index contributed by atoms with van der Waals surface area (Å²) < 4.78 is 6.73. The molecule has 0 saturated heterocycles. The highest BCUT2D eigenvalue weighted by Gasteiger charge is 2.21. The van der Waals surface area contributed by atoms with Gasteiger partial charge in [-0.3, -0.25) is 4.98 Å². The first-order valence-electron chi connectivity index (χ1n) is 9.89. The van der Waals surface area contributed by atoms with Gasteiger partial charge in [0.05, 0.1) is 24.4 Å². The first-order chi connectivity index (χ1) is 15.5. The van der Waals surface area contributed by atoms with Crippen LogP contribution in [0.15, 0.2) is 34.2 Å². The van der Waals surface area contributed by atoms with Crippen molar-refractivity contribution in [2.24, 2.45) is 4.99 Å². The number of imidazole rings is 1. The Morgan fingerprint density at radius 3 is 2.91 bits per heavy atom. The Kier molecular flexibility index (Phi) is 5.02. The molecule has 12 heteroatoms. The van der Waals surface area contributed by atoms with Crippen LogP contribution in [0.4, 0.5) is 5.95 Å². The fourth-order valence-electron chi connectivity index (χ4n) is 3.16. The fraction of sp³-hybridized carbons (Fsp3) is 0.250. The molecule has 1 aromatic carbocycles. The highest BCUT2D eigenvalue weighted by molar-refractivity contribution is 6.32. The van der Waals surface area contributed by atoms with E-state index in [0.717, 1.165) is 18.4 Å².